The SMILES string of the molecule is CCCNC(C(CC)CC)C1(C)CCCCO1. The highest BCUT2D eigenvalue weighted by molar-refractivity contribution is 4.94. The lowest BCUT2D eigenvalue weighted by atomic mass is 9.78. The van der Waals surface area contributed by atoms with Crippen LogP contribution in [0, 0.1) is 5.92 Å². The Morgan fingerprint density at radius 1 is 1.18 bits per heavy atom. The fraction of sp³-hybridized carbons (Fsp3) is 1.00. The summed E-state index contributed by atoms with van der Waals surface area (Å²) in [7, 11) is 0. The lowest BCUT2D eigenvalue weighted by Gasteiger charge is -2.44. The molecule has 0 amide bonds. The zero-order valence-corrected chi connectivity index (χ0v) is 12.2. The van der Waals surface area contributed by atoms with Gasteiger partial charge in [-0.1, -0.05) is 33.6 Å². The number of nitrogens with one attached hydrogen (secondary N) is 1. The highest BCUT2D eigenvalue weighted by Crippen LogP contribution is 2.33. The van der Waals surface area contributed by atoms with Gasteiger partial charge < -0.3 is 10.1 Å². The molecular formula is C15H31NO. The summed E-state index contributed by atoms with van der Waals surface area (Å²) < 4.78 is 6.15. The molecule has 1 heterocycles. The van der Waals surface area contributed by atoms with Gasteiger partial charge in [-0.2, -0.15) is 0 Å². The molecule has 1 aliphatic heterocycles. The predicted octanol–water partition coefficient (Wildman–Crippen LogP) is 3.75. The molecule has 2 heteroatoms. The first-order valence-electron chi connectivity index (χ1n) is 7.55. The molecule has 0 aromatic rings. The van der Waals surface area contributed by atoms with Crippen LogP contribution in [0.25, 0.3) is 0 Å². The Labute approximate surface area is 108 Å². The summed E-state index contributed by atoms with van der Waals surface area (Å²) in [5.41, 5.74) is 0.0596. The van der Waals surface area contributed by atoms with Crippen LogP contribution < -0.4 is 5.32 Å². The Kier molecular flexibility index (Phi) is 6.50. The van der Waals surface area contributed by atoms with E-state index in [1.807, 2.05) is 0 Å². The summed E-state index contributed by atoms with van der Waals surface area (Å²) in [5, 5.41) is 3.76. The van der Waals surface area contributed by atoms with E-state index >= 15 is 0 Å². The minimum atomic E-state index is 0.0596. The lowest BCUT2D eigenvalue weighted by Crippen LogP contribution is -2.55. The molecule has 0 aromatic heterocycles. The molecule has 1 rings (SSSR count). The number of hydrogen-bond donors (Lipinski definition) is 1. The van der Waals surface area contributed by atoms with Gasteiger partial charge in [0.25, 0.3) is 0 Å². The molecule has 17 heavy (non-hydrogen) atoms. The van der Waals surface area contributed by atoms with Gasteiger partial charge in [0.05, 0.1) is 5.60 Å². The van der Waals surface area contributed by atoms with Crippen LogP contribution in [0.5, 0.6) is 0 Å². The van der Waals surface area contributed by atoms with E-state index < -0.39 is 0 Å². The van der Waals surface area contributed by atoms with E-state index in [0.717, 1.165) is 19.1 Å². The summed E-state index contributed by atoms with van der Waals surface area (Å²) in [4.78, 5) is 0. The fourth-order valence-corrected chi connectivity index (χ4v) is 3.14. The zero-order valence-electron chi connectivity index (χ0n) is 12.2. The quantitative estimate of drug-likeness (QED) is 0.733. The zero-order chi connectivity index (χ0) is 12.7. The van der Waals surface area contributed by atoms with Gasteiger partial charge >= 0.3 is 0 Å². The molecule has 0 aliphatic carbocycles. The Balaban J connectivity index is 2.71. The Morgan fingerprint density at radius 2 is 1.88 bits per heavy atom. The standard InChI is InChI=1S/C15H31NO/c1-5-11-16-14(13(6-2)7-3)15(4)10-8-9-12-17-15/h13-14,16H,5-12H2,1-4H3. The molecule has 0 bridgehead atoms. The molecule has 0 aromatic carbocycles. The third kappa shape index (κ3) is 3.96. The molecule has 2 nitrogen and oxygen atoms in total. The summed E-state index contributed by atoms with van der Waals surface area (Å²) in [6, 6.07) is 0.526. The van der Waals surface area contributed by atoms with Crippen molar-refractivity contribution < 1.29 is 4.74 Å². The predicted molar refractivity (Wildman–Crippen MR) is 74.4 cm³/mol. The molecule has 1 N–H and O–H groups in total. The van der Waals surface area contributed by atoms with Crippen LogP contribution in [0.15, 0.2) is 0 Å². The van der Waals surface area contributed by atoms with E-state index in [1.165, 1.54) is 38.5 Å². The second-order valence-corrected chi connectivity index (χ2v) is 5.63. The summed E-state index contributed by atoms with van der Waals surface area (Å²) >= 11 is 0. The van der Waals surface area contributed by atoms with Crippen molar-refractivity contribution in [3.63, 3.8) is 0 Å². The molecule has 102 valence electrons. The first-order valence-corrected chi connectivity index (χ1v) is 7.55. The van der Waals surface area contributed by atoms with E-state index in [-0.39, 0.29) is 5.60 Å². The van der Waals surface area contributed by atoms with Gasteiger partial charge in [-0.15, -0.1) is 0 Å². The molecule has 0 saturated carbocycles. The third-order valence-corrected chi connectivity index (χ3v) is 4.29. The summed E-state index contributed by atoms with van der Waals surface area (Å²) in [6.07, 6.45) is 7.46. The van der Waals surface area contributed by atoms with Crippen molar-refractivity contribution in [3.8, 4) is 0 Å². The Morgan fingerprint density at radius 3 is 2.35 bits per heavy atom. The molecule has 2 unspecified atom stereocenters. The second kappa shape index (κ2) is 7.38. The largest absolute Gasteiger partial charge is 0.374 e. The van der Waals surface area contributed by atoms with Crippen LogP contribution in [0.2, 0.25) is 0 Å². The van der Waals surface area contributed by atoms with Crippen LogP contribution >= 0.6 is 0 Å². The van der Waals surface area contributed by atoms with Crippen molar-refractivity contribution in [2.75, 3.05) is 13.2 Å². The summed E-state index contributed by atoms with van der Waals surface area (Å²) in [5.74, 6) is 0.740. The average molecular weight is 241 g/mol. The Bertz CT molecular complexity index is 195. The van der Waals surface area contributed by atoms with E-state index in [9.17, 15) is 0 Å². The van der Waals surface area contributed by atoms with Crippen LogP contribution in [-0.2, 0) is 4.74 Å². The van der Waals surface area contributed by atoms with Gasteiger partial charge in [0.2, 0.25) is 0 Å². The maximum absolute atomic E-state index is 6.15. The highest BCUT2D eigenvalue weighted by atomic mass is 16.5. The molecular weight excluding hydrogens is 210 g/mol. The first-order chi connectivity index (χ1) is 8.18. The molecule has 0 radical (unpaired) electrons. The molecule has 1 saturated heterocycles. The van der Waals surface area contributed by atoms with E-state index in [4.69, 9.17) is 4.74 Å². The minimum Gasteiger partial charge on any atom is -0.374 e. The van der Waals surface area contributed by atoms with Crippen LogP contribution in [0.1, 0.15) is 66.2 Å². The number of rotatable bonds is 7. The Hall–Kier alpha value is -0.0800. The van der Waals surface area contributed by atoms with E-state index in [2.05, 4.69) is 33.0 Å². The van der Waals surface area contributed by atoms with E-state index in [1.54, 1.807) is 0 Å². The van der Waals surface area contributed by atoms with Crippen molar-refractivity contribution in [2.24, 2.45) is 5.92 Å². The molecule has 0 spiro atoms. The molecule has 2 atom stereocenters. The highest BCUT2D eigenvalue weighted by Gasteiger charge is 2.39. The van der Waals surface area contributed by atoms with Crippen molar-refractivity contribution in [1.29, 1.82) is 0 Å². The normalized spacial score (nSPS) is 27.4. The van der Waals surface area contributed by atoms with Crippen molar-refractivity contribution in [2.45, 2.75) is 77.9 Å². The molecule has 1 fully saturated rings. The van der Waals surface area contributed by atoms with Crippen molar-refractivity contribution >= 4 is 0 Å². The van der Waals surface area contributed by atoms with Gasteiger partial charge in [0.15, 0.2) is 0 Å². The first kappa shape index (κ1) is 15.0. The van der Waals surface area contributed by atoms with Crippen molar-refractivity contribution in [1.82, 2.24) is 5.32 Å². The van der Waals surface area contributed by atoms with Crippen LogP contribution in [0.3, 0.4) is 0 Å². The number of hydrogen-bond acceptors (Lipinski definition) is 2. The minimum absolute atomic E-state index is 0.0596. The average Bonchev–Trinajstić information content (AvgIpc) is 2.35. The van der Waals surface area contributed by atoms with Crippen LogP contribution in [-0.4, -0.2) is 24.8 Å². The topological polar surface area (TPSA) is 21.3 Å². The third-order valence-electron chi connectivity index (χ3n) is 4.29. The molecule has 1 aliphatic rings. The lowest BCUT2D eigenvalue weighted by molar-refractivity contribution is -0.101. The van der Waals surface area contributed by atoms with Crippen LogP contribution in [0.4, 0.5) is 0 Å². The smallest absolute Gasteiger partial charge is 0.0809 e. The second-order valence-electron chi connectivity index (χ2n) is 5.63. The maximum Gasteiger partial charge on any atom is 0.0809 e. The monoisotopic (exact) mass is 241 g/mol. The van der Waals surface area contributed by atoms with E-state index in [0.29, 0.717) is 6.04 Å². The maximum atomic E-state index is 6.15. The fourth-order valence-electron chi connectivity index (χ4n) is 3.14. The summed E-state index contributed by atoms with van der Waals surface area (Å²) in [6.45, 7) is 11.2. The number of ether oxygens (including phenoxy) is 1. The van der Waals surface area contributed by atoms with Gasteiger partial charge in [-0.3, -0.25) is 0 Å². The van der Waals surface area contributed by atoms with Crippen molar-refractivity contribution in [3.05, 3.63) is 0 Å². The van der Waals surface area contributed by atoms with Gasteiger partial charge in [-0.05, 0) is 45.1 Å². The van der Waals surface area contributed by atoms with Gasteiger partial charge in [-0.25, -0.2) is 0 Å². The van der Waals surface area contributed by atoms with Gasteiger partial charge in [0.1, 0.15) is 0 Å². The van der Waals surface area contributed by atoms with Gasteiger partial charge in [0, 0.05) is 12.6 Å².